The summed E-state index contributed by atoms with van der Waals surface area (Å²) >= 11 is 0. The van der Waals surface area contributed by atoms with E-state index in [9.17, 15) is 5.11 Å². The van der Waals surface area contributed by atoms with Gasteiger partial charge in [-0.2, -0.15) is 10.1 Å². The van der Waals surface area contributed by atoms with Crippen LogP contribution in [0.1, 0.15) is 30.7 Å². The van der Waals surface area contributed by atoms with Crippen molar-refractivity contribution in [2.75, 3.05) is 24.2 Å². The number of pyridine rings is 1. The first-order valence-electron chi connectivity index (χ1n) is 11.3. The number of nitrogens with one attached hydrogen (secondary N) is 3. The Morgan fingerprint density at radius 2 is 1.94 bits per heavy atom. The second kappa shape index (κ2) is 8.85. The third-order valence-electron chi connectivity index (χ3n) is 5.87. The summed E-state index contributed by atoms with van der Waals surface area (Å²) in [6, 6.07) is 13.7. The van der Waals surface area contributed by atoms with Crippen molar-refractivity contribution in [3.05, 3.63) is 71.7 Å². The molecular weight excluding hydrogens is 428 g/mol. The molecule has 174 valence electrons. The lowest BCUT2D eigenvalue weighted by Gasteiger charge is -2.25. The summed E-state index contributed by atoms with van der Waals surface area (Å²) in [5.41, 5.74) is 4.71. The van der Waals surface area contributed by atoms with Gasteiger partial charge in [0.1, 0.15) is 17.2 Å². The molecule has 4 aromatic rings. The first-order chi connectivity index (χ1) is 16.3. The normalized spacial score (nSPS) is 14.0. The third-order valence-corrected chi connectivity index (χ3v) is 5.87. The van der Waals surface area contributed by atoms with Crippen LogP contribution in [0, 0.1) is 0 Å². The molecule has 0 bridgehead atoms. The highest BCUT2D eigenvalue weighted by atomic mass is 16.3. The predicted molar refractivity (Wildman–Crippen MR) is 132 cm³/mol. The van der Waals surface area contributed by atoms with Gasteiger partial charge in [-0.3, -0.25) is 5.10 Å². The Hall–Kier alpha value is -3.82. The fourth-order valence-electron chi connectivity index (χ4n) is 4.01. The number of likely N-dealkylation sites (N-methyl/N-ethyl adjacent to an activating group) is 1. The maximum atomic E-state index is 10.3. The predicted octanol–water partition coefficient (Wildman–Crippen LogP) is 3.96. The van der Waals surface area contributed by atoms with Crippen molar-refractivity contribution in [1.82, 2.24) is 30.0 Å². The summed E-state index contributed by atoms with van der Waals surface area (Å²) in [6.07, 6.45) is 4.46. The molecule has 3 aromatic heterocycles. The van der Waals surface area contributed by atoms with E-state index in [-0.39, 0.29) is 0 Å². The van der Waals surface area contributed by atoms with Crippen LogP contribution < -0.4 is 10.6 Å². The summed E-state index contributed by atoms with van der Waals surface area (Å²) in [4.78, 5) is 16.2. The Labute approximate surface area is 198 Å². The average molecular weight is 457 g/mol. The summed E-state index contributed by atoms with van der Waals surface area (Å²) < 4.78 is 0. The highest BCUT2D eigenvalue weighted by molar-refractivity contribution is 5.76. The number of fused-ring (bicyclic) bond motifs is 1. The Bertz CT molecular complexity index is 1300. The molecule has 4 heterocycles. The second-order valence-electron chi connectivity index (χ2n) is 9.11. The zero-order chi connectivity index (χ0) is 23.7. The quantitative estimate of drug-likeness (QED) is 0.345. The van der Waals surface area contributed by atoms with Gasteiger partial charge in [0.25, 0.3) is 0 Å². The van der Waals surface area contributed by atoms with Gasteiger partial charge in [0.05, 0.1) is 17.0 Å². The highest BCUT2D eigenvalue weighted by Crippen LogP contribution is 2.29. The minimum atomic E-state index is -1.05. The van der Waals surface area contributed by atoms with Crippen LogP contribution in [0.15, 0.2) is 54.9 Å². The van der Waals surface area contributed by atoms with Gasteiger partial charge in [-0.15, -0.1) is 0 Å². The van der Waals surface area contributed by atoms with Crippen molar-refractivity contribution in [3.8, 4) is 11.3 Å². The lowest BCUT2D eigenvalue weighted by atomic mass is 9.99. The van der Waals surface area contributed by atoms with Crippen molar-refractivity contribution in [3.63, 3.8) is 0 Å². The number of hydrogen-bond donors (Lipinski definition) is 4. The smallest absolute Gasteiger partial charge is 0.229 e. The summed E-state index contributed by atoms with van der Waals surface area (Å²) in [5.74, 6) is 1.61. The topological polar surface area (TPSA) is 115 Å². The van der Waals surface area contributed by atoms with E-state index in [0.29, 0.717) is 23.3 Å². The minimum Gasteiger partial charge on any atom is -0.384 e. The summed E-state index contributed by atoms with van der Waals surface area (Å²) in [6.45, 7) is 5.43. The third kappa shape index (κ3) is 4.75. The molecule has 0 fully saturated rings. The Morgan fingerprint density at radius 1 is 1.06 bits per heavy atom. The van der Waals surface area contributed by atoms with Crippen molar-refractivity contribution < 1.29 is 5.11 Å². The SMILES string of the molecule is CN1CCc2cc(Nc3ncc(-c4ccn[nH]4)c(Nc4cccc(C(C)(C)O)n4)n3)ccc2C1. The fraction of sp³-hybridized carbons (Fsp3) is 0.280. The molecule has 4 N–H and O–H groups in total. The Morgan fingerprint density at radius 3 is 2.74 bits per heavy atom. The molecule has 5 rings (SSSR count). The fourth-order valence-corrected chi connectivity index (χ4v) is 4.01. The van der Waals surface area contributed by atoms with Gasteiger partial charge in [0.2, 0.25) is 5.95 Å². The molecule has 0 unspecified atom stereocenters. The molecule has 1 aromatic carbocycles. The van der Waals surface area contributed by atoms with Crippen LogP contribution in [0.4, 0.5) is 23.3 Å². The highest BCUT2D eigenvalue weighted by Gasteiger charge is 2.19. The average Bonchev–Trinajstić information content (AvgIpc) is 3.34. The number of benzene rings is 1. The van der Waals surface area contributed by atoms with Crippen LogP contribution in [-0.2, 0) is 18.6 Å². The van der Waals surface area contributed by atoms with E-state index >= 15 is 0 Å². The number of rotatable bonds is 6. The van der Waals surface area contributed by atoms with Crippen LogP contribution >= 0.6 is 0 Å². The molecule has 0 radical (unpaired) electrons. The number of aromatic nitrogens is 5. The van der Waals surface area contributed by atoms with Crippen molar-refractivity contribution >= 4 is 23.3 Å². The van der Waals surface area contributed by atoms with E-state index in [0.717, 1.165) is 36.5 Å². The van der Waals surface area contributed by atoms with E-state index in [1.807, 2.05) is 18.2 Å². The van der Waals surface area contributed by atoms with Crippen LogP contribution in [0.5, 0.6) is 0 Å². The number of anilines is 4. The number of hydrogen-bond acceptors (Lipinski definition) is 8. The standard InChI is InChI=1S/C25H28N8O/c1-25(2,34)21-5-4-6-22(29-21)30-23-19(20-9-11-27-32-20)14-26-24(31-23)28-18-8-7-17-15-33(3)12-10-16(17)13-18/h4-9,11,13-14,34H,10,12,15H2,1-3H3,(H,27,32)(H2,26,28,29,30,31). The zero-order valence-corrected chi connectivity index (χ0v) is 19.5. The molecule has 1 aliphatic rings. The van der Waals surface area contributed by atoms with E-state index in [4.69, 9.17) is 4.98 Å². The van der Waals surface area contributed by atoms with Crippen molar-refractivity contribution in [2.24, 2.45) is 0 Å². The van der Waals surface area contributed by atoms with E-state index < -0.39 is 5.60 Å². The molecule has 0 saturated carbocycles. The number of aliphatic hydroxyl groups is 1. The van der Waals surface area contributed by atoms with Gasteiger partial charge in [0, 0.05) is 31.2 Å². The zero-order valence-electron chi connectivity index (χ0n) is 19.5. The van der Waals surface area contributed by atoms with Gasteiger partial charge in [-0.25, -0.2) is 9.97 Å². The molecule has 1 aliphatic heterocycles. The van der Waals surface area contributed by atoms with Gasteiger partial charge in [-0.1, -0.05) is 12.1 Å². The van der Waals surface area contributed by atoms with Crippen molar-refractivity contribution in [2.45, 2.75) is 32.4 Å². The molecule has 0 atom stereocenters. The minimum absolute atomic E-state index is 0.470. The monoisotopic (exact) mass is 456 g/mol. The maximum absolute atomic E-state index is 10.3. The number of nitrogens with zero attached hydrogens (tertiary/aromatic N) is 5. The molecule has 0 aliphatic carbocycles. The van der Waals surface area contributed by atoms with Crippen LogP contribution in [0.2, 0.25) is 0 Å². The molecule has 9 heteroatoms. The van der Waals surface area contributed by atoms with E-state index in [2.05, 4.69) is 60.9 Å². The van der Waals surface area contributed by atoms with E-state index in [1.54, 1.807) is 32.3 Å². The summed E-state index contributed by atoms with van der Waals surface area (Å²) in [7, 11) is 2.14. The van der Waals surface area contributed by atoms with Crippen molar-refractivity contribution in [1.29, 1.82) is 0 Å². The molecule has 0 spiro atoms. The Kier molecular flexibility index (Phi) is 5.72. The van der Waals surface area contributed by atoms with Gasteiger partial charge in [0.15, 0.2) is 0 Å². The van der Waals surface area contributed by atoms with Gasteiger partial charge in [-0.05, 0) is 68.8 Å². The molecule has 9 nitrogen and oxygen atoms in total. The van der Waals surface area contributed by atoms with Crippen LogP contribution in [-0.4, -0.2) is 48.7 Å². The number of aromatic amines is 1. The Balaban J connectivity index is 1.46. The maximum Gasteiger partial charge on any atom is 0.229 e. The first-order valence-corrected chi connectivity index (χ1v) is 11.3. The second-order valence-corrected chi connectivity index (χ2v) is 9.11. The van der Waals surface area contributed by atoms with Gasteiger partial charge >= 0.3 is 0 Å². The molecule has 0 amide bonds. The first kappa shape index (κ1) is 22.0. The lowest BCUT2D eigenvalue weighted by molar-refractivity contribution is 0.0740. The van der Waals surface area contributed by atoms with Gasteiger partial charge < -0.3 is 20.6 Å². The van der Waals surface area contributed by atoms with Crippen LogP contribution in [0.3, 0.4) is 0 Å². The molecule has 0 saturated heterocycles. The largest absolute Gasteiger partial charge is 0.384 e. The van der Waals surface area contributed by atoms with Crippen LogP contribution in [0.25, 0.3) is 11.3 Å². The van der Waals surface area contributed by atoms with E-state index in [1.165, 1.54) is 11.1 Å². The summed E-state index contributed by atoms with van der Waals surface area (Å²) in [5, 5.41) is 24.0. The molecular formula is C25H28N8O. The lowest BCUT2D eigenvalue weighted by Crippen LogP contribution is -2.26. The number of H-pyrrole nitrogens is 1. The molecule has 34 heavy (non-hydrogen) atoms.